The van der Waals surface area contributed by atoms with Crippen molar-refractivity contribution in [1.29, 1.82) is 0 Å². The van der Waals surface area contributed by atoms with Crippen LogP contribution in [0.15, 0.2) is 18.2 Å². The summed E-state index contributed by atoms with van der Waals surface area (Å²) in [6.07, 6.45) is 1.36. The maximum Gasteiger partial charge on any atom is 0.157 e. The van der Waals surface area contributed by atoms with Gasteiger partial charge in [-0.1, -0.05) is 6.07 Å². The van der Waals surface area contributed by atoms with Crippen LogP contribution in [0.4, 0.5) is 5.82 Å². The van der Waals surface area contributed by atoms with Crippen molar-refractivity contribution in [3.05, 3.63) is 24.0 Å². The minimum atomic E-state index is 0.158. The van der Waals surface area contributed by atoms with E-state index in [1.54, 1.807) is 10.6 Å². The standard InChI is InChI=1S/C9H12N4O/c10-7-3-1-5-9-11-8(4-2-6-14)12-13(7)9/h1,3,5,14H,2,4,6,10H2. The van der Waals surface area contributed by atoms with Crippen LogP contribution in [0.2, 0.25) is 0 Å². The molecule has 5 nitrogen and oxygen atoms in total. The lowest BCUT2D eigenvalue weighted by atomic mass is 10.3. The molecule has 0 aromatic carbocycles. The van der Waals surface area contributed by atoms with Crippen LogP contribution in [0.5, 0.6) is 0 Å². The van der Waals surface area contributed by atoms with Gasteiger partial charge < -0.3 is 10.8 Å². The Labute approximate surface area is 81.2 Å². The highest BCUT2D eigenvalue weighted by Gasteiger charge is 2.04. The van der Waals surface area contributed by atoms with E-state index in [1.807, 2.05) is 12.1 Å². The summed E-state index contributed by atoms with van der Waals surface area (Å²) >= 11 is 0. The molecule has 0 aliphatic heterocycles. The highest BCUT2D eigenvalue weighted by atomic mass is 16.2. The van der Waals surface area contributed by atoms with Crippen LogP contribution in [0.3, 0.4) is 0 Å². The minimum Gasteiger partial charge on any atom is -0.396 e. The molecule has 2 heterocycles. The number of aliphatic hydroxyl groups is 1. The number of nitrogens with two attached hydrogens (primary N) is 1. The summed E-state index contributed by atoms with van der Waals surface area (Å²) in [7, 11) is 0. The number of fused-ring (bicyclic) bond motifs is 1. The molecule has 74 valence electrons. The Hall–Kier alpha value is -1.62. The summed E-state index contributed by atoms with van der Waals surface area (Å²) in [6.45, 7) is 0.158. The van der Waals surface area contributed by atoms with Gasteiger partial charge in [-0.2, -0.15) is 4.52 Å². The monoisotopic (exact) mass is 192 g/mol. The summed E-state index contributed by atoms with van der Waals surface area (Å²) in [5.74, 6) is 1.29. The Balaban J connectivity index is 2.36. The molecule has 0 bridgehead atoms. The zero-order valence-corrected chi connectivity index (χ0v) is 7.72. The first-order chi connectivity index (χ1) is 6.81. The van der Waals surface area contributed by atoms with Crippen LogP contribution in [0, 0.1) is 0 Å². The summed E-state index contributed by atoms with van der Waals surface area (Å²) in [5, 5.41) is 12.9. The summed E-state index contributed by atoms with van der Waals surface area (Å²) in [4.78, 5) is 4.27. The second-order valence-electron chi connectivity index (χ2n) is 3.08. The van der Waals surface area contributed by atoms with Crippen molar-refractivity contribution in [3.63, 3.8) is 0 Å². The van der Waals surface area contributed by atoms with Crippen LogP contribution in [-0.2, 0) is 6.42 Å². The second-order valence-corrected chi connectivity index (χ2v) is 3.08. The number of aryl methyl sites for hydroxylation is 1. The third-order valence-corrected chi connectivity index (χ3v) is 1.99. The molecule has 5 heteroatoms. The van der Waals surface area contributed by atoms with Crippen molar-refractivity contribution in [2.45, 2.75) is 12.8 Å². The highest BCUT2D eigenvalue weighted by Crippen LogP contribution is 2.07. The Morgan fingerprint density at radius 1 is 1.43 bits per heavy atom. The van der Waals surface area contributed by atoms with E-state index in [0.29, 0.717) is 18.7 Å². The third kappa shape index (κ3) is 1.54. The van der Waals surface area contributed by atoms with Crippen LogP contribution < -0.4 is 5.73 Å². The molecule has 2 aromatic heterocycles. The van der Waals surface area contributed by atoms with E-state index in [0.717, 1.165) is 11.5 Å². The number of nitrogen functional groups attached to an aromatic ring is 1. The van der Waals surface area contributed by atoms with Gasteiger partial charge in [0.15, 0.2) is 11.5 Å². The van der Waals surface area contributed by atoms with Gasteiger partial charge in [-0.15, -0.1) is 5.10 Å². The zero-order valence-electron chi connectivity index (χ0n) is 7.72. The molecule has 0 saturated carbocycles. The topological polar surface area (TPSA) is 76.4 Å². The van der Waals surface area contributed by atoms with Gasteiger partial charge >= 0.3 is 0 Å². The number of hydrogen-bond acceptors (Lipinski definition) is 4. The fourth-order valence-corrected chi connectivity index (χ4v) is 1.31. The number of aromatic nitrogens is 3. The second kappa shape index (κ2) is 3.63. The first kappa shape index (κ1) is 8.96. The predicted molar refractivity (Wildman–Crippen MR) is 52.8 cm³/mol. The van der Waals surface area contributed by atoms with Gasteiger partial charge in [0.05, 0.1) is 0 Å². The summed E-state index contributed by atoms with van der Waals surface area (Å²) < 4.78 is 1.60. The number of aliphatic hydroxyl groups excluding tert-OH is 1. The minimum absolute atomic E-state index is 0.158. The Morgan fingerprint density at radius 3 is 3.00 bits per heavy atom. The zero-order chi connectivity index (χ0) is 9.97. The third-order valence-electron chi connectivity index (χ3n) is 1.99. The molecular formula is C9H12N4O. The van der Waals surface area contributed by atoms with Gasteiger partial charge in [0.2, 0.25) is 0 Å². The number of hydrogen-bond donors (Lipinski definition) is 2. The maximum atomic E-state index is 8.67. The SMILES string of the molecule is Nc1cccc2nc(CCCO)nn12. The molecule has 0 spiro atoms. The predicted octanol–water partition coefficient (Wildman–Crippen LogP) is 0.236. The fraction of sp³-hybridized carbons (Fsp3) is 0.333. The molecule has 0 fully saturated rings. The molecule has 0 aliphatic carbocycles. The van der Waals surface area contributed by atoms with Gasteiger partial charge in [0, 0.05) is 13.0 Å². The van der Waals surface area contributed by atoms with Gasteiger partial charge in [-0.05, 0) is 18.6 Å². The summed E-state index contributed by atoms with van der Waals surface area (Å²) in [5.41, 5.74) is 6.46. The highest BCUT2D eigenvalue weighted by molar-refractivity contribution is 5.45. The van der Waals surface area contributed by atoms with Gasteiger partial charge in [0.1, 0.15) is 5.82 Å². The molecule has 0 amide bonds. The molecule has 3 N–H and O–H groups in total. The van der Waals surface area contributed by atoms with E-state index in [1.165, 1.54) is 0 Å². The molecule has 0 saturated heterocycles. The fourth-order valence-electron chi connectivity index (χ4n) is 1.31. The lowest BCUT2D eigenvalue weighted by molar-refractivity contribution is 0.287. The molecule has 0 atom stereocenters. The van der Waals surface area contributed by atoms with E-state index in [9.17, 15) is 0 Å². The molecule has 0 radical (unpaired) electrons. The normalized spacial score (nSPS) is 10.9. The van der Waals surface area contributed by atoms with E-state index < -0.39 is 0 Å². The first-order valence-electron chi connectivity index (χ1n) is 4.52. The Bertz CT molecular complexity index is 437. The lowest BCUT2D eigenvalue weighted by Gasteiger charge is -1.94. The van der Waals surface area contributed by atoms with Gasteiger partial charge in [-0.25, -0.2) is 4.98 Å². The molecule has 0 aliphatic rings. The van der Waals surface area contributed by atoms with Crippen molar-refractivity contribution in [1.82, 2.24) is 14.6 Å². The molecule has 2 aromatic rings. The van der Waals surface area contributed by atoms with E-state index in [2.05, 4.69) is 10.1 Å². The van der Waals surface area contributed by atoms with Crippen LogP contribution in [-0.4, -0.2) is 26.3 Å². The first-order valence-corrected chi connectivity index (χ1v) is 4.52. The Kier molecular flexibility index (Phi) is 2.32. The van der Waals surface area contributed by atoms with Crippen molar-refractivity contribution in [3.8, 4) is 0 Å². The number of nitrogens with zero attached hydrogens (tertiary/aromatic N) is 3. The van der Waals surface area contributed by atoms with Crippen molar-refractivity contribution in [2.75, 3.05) is 12.3 Å². The van der Waals surface area contributed by atoms with Crippen LogP contribution in [0.1, 0.15) is 12.2 Å². The number of rotatable bonds is 3. The smallest absolute Gasteiger partial charge is 0.157 e. The van der Waals surface area contributed by atoms with Crippen LogP contribution >= 0.6 is 0 Å². The van der Waals surface area contributed by atoms with Crippen molar-refractivity contribution < 1.29 is 5.11 Å². The van der Waals surface area contributed by atoms with Crippen LogP contribution in [0.25, 0.3) is 5.65 Å². The quantitative estimate of drug-likeness (QED) is 0.730. The molecular weight excluding hydrogens is 180 g/mol. The largest absolute Gasteiger partial charge is 0.396 e. The maximum absolute atomic E-state index is 8.67. The lowest BCUT2D eigenvalue weighted by Crippen LogP contribution is -1.98. The van der Waals surface area contributed by atoms with Gasteiger partial charge in [-0.3, -0.25) is 0 Å². The number of anilines is 1. The number of pyridine rings is 1. The van der Waals surface area contributed by atoms with Crippen molar-refractivity contribution in [2.24, 2.45) is 0 Å². The van der Waals surface area contributed by atoms with E-state index >= 15 is 0 Å². The summed E-state index contributed by atoms with van der Waals surface area (Å²) in [6, 6.07) is 5.47. The molecule has 0 unspecified atom stereocenters. The van der Waals surface area contributed by atoms with Crippen molar-refractivity contribution >= 4 is 11.5 Å². The molecule has 14 heavy (non-hydrogen) atoms. The van der Waals surface area contributed by atoms with E-state index in [-0.39, 0.29) is 6.61 Å². The van der Waals surface area contributed by atoms with E-state index in [4.69, 9.17) is 10.8 Å². The Morgan fingerprint density at radius 2 is 2.29 bits per heavy atom. The molecule has 2 rings (SSSR count). The average molecular weight is 192 g/mol. The average Bonchev–Trinajstić information content (AvgIpc) is 2.59. The van der Waals surface area contributed by atoms with Gasteiger partial charge in [0.25, 0.3) is 0 Å².